The van der Waals surface area contributed by atoms with Crippen molar-refractivity contribution in [2.45, 2.75) is 32.8 Å². The highest BCUT2D eigenvalue weighted by molar-refractivity contribution is 5.87. The van der Waals surface area contributed by atoms with E-state index in [1.807, 2.05) is 26.8 Å². The number of benzene rings is 1. The van der Waals surface area contributed by atoms with Gasteiger partial charge in [0.15, 0.2) is 0 Å². The van der Waals surface area contributed by atoms with E-state index in [0.29, 0.717) is 24.6 Å². The maximum atomic E-state index is 11.8. The van der Waals surface area contributed by atoms with Crippen molar-refractivity contribution in [1.29, 1.82) is 0 Å². The molecule has 0 aromatic heterocycles. The maximum absolute atomic E-state index is 11.8. The molecule has 0 radical (unpaired) electrons. The van der Waals surface area contributed by atoms with E-state index in [9.17, 15) is 9.59 Å². The number of ether oxygens (including phenoxy) is 1. The summed E-state index contributed by atoms with van der Waals surface area (Å²) in [6, 6.07) is 6.95. The quantitative estimate of drug-likeness (QED) is 0.930. The van der Waals surface area contributed by atoms with E-state index in [2.05, 4.69) is 0 Å². The van der Waals surface area contributed by atoms with Crippen LogP contribution in [0.25, 0.3) is 0 Å². The number of carboxylic acids is 1. The number of carbonyl (C=O) groups excluding carboxylic acids is 1. The fourth-order valence-corrected chi connectivity index (χ4v) is 2.34. The molecule has 2 rings (SSSR count). The van der Waals surface area contributed by atoms with Gasteiger partial charge in [0.2, 0.25) is 0 Å². The van der Waals surface area contributed by atoms with E-state index in [0.717, 1.165) is 12.0 Å². The summed E-state index contributed by atoms with van der Waals surface area (Å²) < 4.78 is 5.30. The lowest BCUT2D eigenvalue weighted by molar-refractivity contribution is -0.000882. The van der Waals surface area contributed by atoms with Crippen LogP contribution in [-0.4, -0.2) is 40.8 Å². The van der Waals surface area contributed by atoms with Crippen LogP contribution in [0.3, 0.4) is 0 Å². The molecule has 0 aliphatic carbocycles. The van der Waals surface area contributed by atoms with Crippen LogP contribution >= 0.6 is 0 Å². The number of carbonyl (C=O) groups is 2. The predicted octanol–water partition coefficient (Wildman–Crippen LogP) is 2.79. The third kappa shape index (κ3) is 4.21. The zero-order valence-corrected chi connectivity index (χ0v) is 12.6. The molecule has 1 heterocycles. The fourth-order valence-electron chi connectivity index (χ4n) is 2.34. The molecule has 21 heavy (non-hydrogen) atoms. The van der Waals surface area contributed by atoms with Gasteiger partial charge in [-0.3, -0.25) is 0 Å². The lowest BCUT2D eigenvalue weighted by Crippen LogP contribution is -2.52. The Hall–Kier alpha value is -2.04. The van der Waals surface area contributed by atoms with Gasteiger partial charge >= 0.3 is 12.1 Å². The molecule has 1 N–H and O–H groups in total. The van der Waals surface area contributed by atoms with Crippen molar-refractivity contribution < 1.29 is 19.4 Å². The molecule has 0 bridgehead atoms. The minimum absolute atomic E-state index is 0.280. The molecule has 1 aromatic rings. The van der Waals surface area contributed by atoms with Crippen LogP contribution < -0.4 is 0 Å². The number of amides is 1. The molecule has 0 saturated carbocycles. The van der Waals surface area contributed by atoms with E-state index in [1.54, 1.807) is 23.1 Å². The van der Waals surface area contributed by atoms with E-state index >= 15 is 0 Å². The zero-order valence-electron chi connectivity index (χ0n) is 12.6. The average molecular weight is 291 g/mol. The van der Waals surface area contributed by atoms with Crippen LogP contribution in [0.4, 0.5) is 4.79 Å². The molecule has 1 aliphatic heterocycles. The summed E-state index contributed by atoms with van der Waals surface area (Å²) in [5, 5.41) is 8.97. The Labute approximate surface area is 124 Å². The fraction of sp³-hybridized carbons (Fsp3) is 0.500. The van der Waals surface area contributed by atoms with Gasteiger partial charge in [-0.05, 0) is 50.8 Å². The molecule has 0 atom stereocenters. The first-order valence-electron chi connectivity index (χ1n) is 7.05. The number of aromatic carboxylic acids is 1. The minimum Gasteiger partial charge on any atom is -0.478 e. The Bertz CT molecular complexity index is 541. The summed E-state index contributed by atoms with van der Waals surface area (Å²) >= 11 is 0. The number of rotatable bonds is 3. The summed E-state index contributed by atoms with van der Waals surface area (Å²) in [4.78, 5) is 24.4. The first kappa shape index (κ1) is 15.4. The van der Waals surface area contributed by atoms with Gasteiger partial charge in [0.25, 0.3) is 0 Å². The molecule has 1 aromatic carbocycles. The van der Waals surface area contributed by atoms with Gasteiger partial charge in [-0.1, -0.05) is 12.1 Å². The highest BCUT2D eigenvalue weighted by Crippen LogP contribution is 2.23. The van der Waals surface area contributed by atoms with Gasteiger partial charge in [-0.2, -0.15) is 0 Å². The standard InChI is InChI=1S/C16H21NO4/c1-16(2,3)21-15(20)17-9-12(10-17)7-11-5-4-6-13(8-11)14(18)19/h4-6,8,12H,7,9-10H2,1-3H3,(H,18,19). The summed E-state index contributed by atoms with van der Waals surface area (Å²) in [6.45, 7) is 6.86. The number of nitrogens with zero attached hydrogens (tertiary/aromatic N) is 1. The molecule has 1 aliphatic rings. The normalized spacial score (nSPS) is 15.5. The molecular formula is C16H21NO4. The van der Waals surface area contributed by atoms with Crippen LogP contribution in [0.5, 0.6) is 0 Å². The number of carboxylic acid groups (broad SMARTS) is 1. The van der Waals surface area contributed by atoms with E-state index in [1.165, 1.54) is 0 Å². The van der Waals surface area contributed by atoms with Crippen molar-refractivity contribution in [3.05, 3.63) is 35.4 Å². The number of likely N-dealkylation sites (tertiary alicyclic amines) is 1. The first-order valence-corrected chi connectivity index (χ1v) is 7.05. The second kappa shape index (κ2) is 5.76. The van der Waals surface area contributed by atoms with Gasteiger partial charge in [-0.15, -0.1) is 0 Å². The van der Waals surface area contributed by atoms with Gasteiger partial charge < -0.3 is 14.7 Å². The first-order chi connectivity index (χ1) is 9.74. The van der Waals surface area contributed by atoms with Crippen LogP contribution in [0.2, 0.25) is 0 Å². The molecule has 1 amide bonds. The molecule has 5 heteroatoms. The Balaban J connectivity index is 1.84. The predicted molar refractivity (Wildman–Crippen MR) is 78.4 cm³/mol. The molecule has 114 valence electrons. The molecule has 1 fully saturated rings. The van der Waals surface area contributed by atoms with E-state index < -0.39 is 11.6 Å². The van der Waals surface area contributed by atoms with Crippen molar-refractivity contribution >= 4 is 12.1 Å². The van der Waals surface area contributed by atoms with Gasteiger partial charge in [0.1, 0.15) is 5.60 Å². The lowest BCUT2D eigenvalue weighted by Gasteiger charge is -2.40. The van der Waals surface area contributed by atoms with Crippen molar-refractivity contribution in [2.75, 3.05) is 13.1 Å². The summed E-state index contributed by atoms with van der Waals surface area (Å²) in [6.07, 6.45) is 0.499. The van der Waals surface area contributed by atoms with Crippen LogP contribution in [0.1, 0.15) is 36.7 Å². The van der Waals surface area contributed by atoms with E-state index in [-0.39, 0.29) is 6.09 Å². The Morgan fingerprint density at radius 3 is 2.57 bits per heavy atom. The van der Waals surface area contributed by atoms with Crippen molar-refractivity contribution in [1.82, 2.24) is 4.90 Å². The minimum atomic E-state index is -0.916. The molecular weight excluding hydrogens is 270 g/mol. The average Bonchev–Trinajstić information content (AvgIpc) is 2.31. The van der Waals surface area contributed by atoms with Crippen LogP contribution in [0, 0.1) is 5.92 Å². The Morgan fingerprint density at radius 1 is 1.33 bits per heavy atom. The molecule has 5 nitrogen and oxygen atoms in total. The number of hydrogen-bond donors (Lipinski definition) is 1. The smallest absolute Gasteiger partial charge is 0.410 e. The van der Waals surface area contributed by atoms with Crippen molar-refractivity contribution in [3.63, 3.8) is 0 Å². The zero-order chi connectivity index (χ0) is 15.6. The SMILES string of the molecule is CC(C)(C)OC(=O)N1CC(Cc2cccc(C(=O)O)c2)C1. The second-order valence-electron chi connectivity index (χ2n) is 6.46. The van der Waals surface area contributed by atoms with Crippen molar-refractivity contribution in [3.8, 4) is 0 Å². The summed E-state index contributed by atoms with van der Waals surface area (Å²) in [5.74, 6) is -0.553. The summed E-state index contributed by atoms with van der Waals surface area (Å²) in [7, 11) is 0. The topological polar surface area (TPSA) is 66.8 Å². The van der Waals surface area contributed by atoms with Gasteiger partial charge in [0, 0.05) is 13.1 Å². The molecule has 1 saturated heterocycles. The lowest BCUT2D eigenvalue weighted by atomic mass is 9.92. The van der Waals surface area contributed by atoms with E-state index in [4.69, 9.17) is 9.84 Å². The van der Waals surface area contributed by atoms with Crippen molar-refractivity contribution in [2.24, 2.45) is 5.92 Å². The largest absolute Gasteiger partial charge is 0.478 e. The summed E-state index contributed by atoms with van der Waals surface area (Å²) in [5.41, 5.74) is 0.817. The third-order valence-electron chi connectivity index (χ3n) is 3.31. The van der Waals surface area contributed by atoms with Crippen LogP contribution in [0.15, 0.2) is 24.3 Å². The Morgan fingerprint density at radius 2 is 2.00 bits per heavy atom. The van der Waals surface area contributed by atoms with Crippen LogP contribution in [-0.2, 0) is 11.2 Å². The number of hydrogen-bond acceptors (Lipinski definition) is 3. The second-order valence-corrected chi connectivity index (χ2v) is 6.46. The van der Waals surface area contributed by atoms with Gasteiger partial charge in [0.05, 0.1) is 5.56 Å². The third-order valence-corrected chi connectivity index (χ3v) is 3.31. The highest BCUT2D eigenvalue weighted by Gasteiger charge is 2.33. The molecule has 0 unspecified atom stereocenters. The highest BCUT2D eigenvalue weighted by atomic mass is 16.6. The molecule has 0 spiro atoms. The maximum Gasteiger partial charge on any atom is 0.410 e. The monoisotopic (exact) mass is 291 g/mol. The van der Waals surface area contributed by atoms with Gasteiger partial charge in [-0.25, -0.2) is 9.59 Å². The Kier molecular flexibility index (Phi) is 4.21.